The maximum atomic E-state index is 14.0. The van der Waals surface area contributed by atoms with Gasteiger partial charge in [0, 0.05) is 34.6 Å². The highest BCUT2D eigenvalue weighted by Crippen LogP contribution is 2.28. The molecule has 0 spiro atoms. The van der Waals surface area contributed by atoms with Crippen LogP contribution in [0, 0.1) is 13.8 Å². The average molecular weight is 538 g/mol. The number of carbonyl (C=O) groups is 2. The van der Waals surface area contributed by atoms with Crippen molar-refractivity contribution in [2.75, 3.05) is 0 Å². The Labute approximate surface area is 230 Å². The molecule has 1 saturated carbocycles. The predicted octanol–water partition coefficient (Wildman–Crippen LogP) is 6.85. The molecular weight excluding hydrogens is 503 g/mol. The zero-order valence-corrected chi connectivity index (χ0v) is 23.0. The topological polar surface area (TPSA) is 49.4 Å². The van der Waals surface area contributed by atoms with E-state index >= 15 is 0 Å². The highest BCUT2D eigenvalue weighted by atomic mass is 35.5. The molecule has 1 aliphatic rings. The van der Waals surface area contributed by atoms with Crippen molar-refractivity contribution in [2.24, 2.45) is 0 Å². The van der Waals surface area contributed by atoms with Gasteiger partial charge in [0.2, 0.25) is 11.8 Å². The minimum absolute atomic E-state index is 0.131. The van der Waals surface area contributed by atoms with Crippen molar-refractivity contribution in [1.29, 1.82) is 0 Å². The van der Waals surface area contributed by atoms with Crippen LogP contribution in [-0.2, 0) is 29.0 Å². The van der Waals surface area contributed by atoms with Crippen molar-refractivity contribution in [3.63, 3.8) is 0 Å². The van der Waals surface area contributed by atoms with E-state index in [-0.39, 0.29) is 30.8 Å². The van der Waals surface area contributed by atoms with Gasteiger partial charge >= 0.3 is 0 Å². The molecule has 0 radical (unpaired) electrons. The molecular formula is C31H34Cl2N2O2. The van der Waals surface area contributed by atoms with Crippen molar-refractivity contribution in [3.8, 4) is 0 Å². The summed E-state index contributed by atoms with van der Waals surface area (Å²) in [6, 6.07) is 20.7. The first kappa shape index (κ1) is 27.2. The summed E-state index contributed by atoms with van der Waals surface area (Å²) in [4.78, 5) is 29.5. The minimum Gasteiger partial charge on any atom is -0.352 e. The number of nitrogens with one attached hydrogen (secondary N) is 1. The molecule has 1 fully saturated rings. The molecule has 2 amide bonds. The Balaban J connectivity index is 1.72. The van der Waals surface area contributed by atoms with Gasteiger partial charge in [0.25, 0.3) is 0 Å². The maximum Gasteiger partial charge on any atom is 0.243 e. The second-order valence-electron chi connectivity index (χ2n) is 10.0. The Bertz CT molecular complexity index is 1220. The van der Waals surface area contributed by atoms with Crippen molar-refractivity contribution < 1.29 is 9.59 Å². The standard InChI is InChI=1S/C31H34Cl2N2O2/c1-21-15-16-22(2)24(17-21)19-30(36)35(20-26-27(32)13-8-14-28(26)33)29(18-23-9-4-3-5-10-23)31(37)34-25-11-6-7-12-25/h3-5,8-10,13-17,25,29H,6-7,11-12,18-20H2,1-2H3,(H,34,37)/t29-/m0/s1. The molecule has 194 valence electrons. The van der Waals surface area contributed by atoms with Gasteiger partial charge in [0.05, 0.1) is 6.42 Å². The third-order valence-electron chi connectivity index (χ3n) is 7.21. The zero-order valence-electron chi connectivity index (χ0n) is 21.5. The van der Waals surface area contributed by atoms with Crippen LogP contribution in [0.5, 0.6) is 0 Å². The average Bonchev–Trinajstić information content (AvgIpc) is 3.38. The second-order valence-corrected chi connectivity index (χ2v) is 10.8. The van der Waals surface area contributed by atoms with Gasteiger partial charge in [-0.05, 0) is 55.5 Å². The molecule has 6 heteroatoms. The first-order valence-corrected chi connectivity index (χ1v) is 13.7. The summed E-state index contributed by atoms with van der Waals surface area (Å²) in [6.45, 7) is 4.17. The SMILES string of the molecule is Cc1ccc(C)c(CC(=O)N(Cc2c(Cl)cccc2Cl)[C@@H](Cc2ccccc2)C(=O)NC2CCCC2)c1. The molecule has 1 aliphatic carbocycles. The van der Waals surface area contributed by atoms with Gasteiger partial charge in [0.1, 0.15) is 6.04 Å². The summed E-state index contributed by atoms with van der Waals surface area (Å²) in [7, 11) is 0. The lowest BCUT2D eigenvalue weighted by Crippen LogP contribution is -2.52. The van der Waals surface area contributed by atoms with Gasteiger partial charge in [-0.3, -0.25) is 9.59 Å². The van der Waals surface area contributed by atoms with Crippen LogP contribution in [0.15, 0.2) is 66.7 Å². The summed E-state index contributed by atoms with van der Waals surface area (Å²) < 4.78 is 0. The van der Waals surface area contributed by atoms with E-state index < -0.39 is 6.04 Å². The molecule has 37 heavy (non-hydrogen) atoms. The number of aryl methyl sites for hydroxylation is 2. The lowest BCUT2D eigenvalue weighted by molar-refractivity contribution is -0.141. The third-order valence-corrected chi connectivity index (χ3v) is 7.92. The number of hydrogen-bond acceptors (Lipinski definition) is 2. The summed E-state index contributed by atoms with van der Waals surface area (Å²) in [5.74, 6) is -0.263. The molecule has 0 heterocycles. The molecule has 0 aliphatic heterocycles. The quantitative estimate of drug-likeness (QED) is 0.325. The smallest absolute Gasteiger partial charge is 0.243 e. The highest BCUT2D eigenvalue weighted by Gasteiger charge is 2.33. The number of hydrogen-bond donors (Lipinski definition) is 1. The van der Waals surface area contributed by atoms with E-state index in [4.69, 9.17) is 23.2 Å². The molecule has 3 aromatic carbocycles. The van der Waals surface area contributed by atoms with E-state index in [1.54, 1.807) is 23.1 Å². The first-order chi connectivity index (χ1) is 17.8. The third kappa shape index (κ3) is 7.15. The van der Waals surface area contributed by atoms with Gasteiger partial charge < -0.3 is 10.2 Å². The van der Waals surface area contributed by atoms with E-state index in [0.717, 1.165) is 47.9 Å². The molecule has 0 aromatic heterocycles. The Morgan fingerprint density at radius 2 is 1.62 bits per heavy atom. The fourth-order valence-corrected chi connectivity index (χ4v) is 5.55. The van der Waals surface area contributed by atoms with Gasteiger partial charge in [-0.1, -0.05) is 96.2 Å². The van der Waals surface area contributed by atoms with Crippen LogP contribution < -0.4 is 5.32 Å². The minimum atomic E-state index is -0.701. The maximum absolute atomic E-state index is 14.0. The van der Waals surface area contributed by atoms with Gasteiger partial charge in [-0.2, -0.15) is 0 Å². The number of amides is 2. The van der Waals surface area contributed by atoms with Crippen molar-refractivity contribution in [1.82, 2.24) is 10.2 Å². The van der Waals surface area contributed by atoms with Gasteiger partial charge in [-0.25, -0.2) is 0 Å². The van der Waals surface area contributed by atoms with Gasteiger partial charge in [-0.15, -0.1) is 0 Å². The fraction of sp³-hybridized carbons (Fsp3) is 0.355. The normalized spacial score (nSPS) is 14.4. The van der Waals surface area contributed by atoms with E-state index in [2.05, 4.69) is 5.32 Å². The summed E-state index contributed by atoms with van der Waals surface area (Å²) in [5.41, 5.74) is 4.73. The summed E-state index contributed by atoms with van der Waals surface area (Å²) in [5, 5.41) is 4.19. The van der Waals surface area contributed by atoms with Crippen LogP contribution in [0.2, 0.25) is 10.0 Å². The van der Waals surface area contributed by atoms with E-state index in [1.807, 2.05) is 62.4 Å². The molecule has 1 atom stereocenters. The zero-order chi connectivity index (χ0) is 26.4. The monoisotopic (exact) mass is 536 g/mol. The lowest BCUT2D eigenvalue weighted by atomic mass is 9.99. The van der Waals surface area contributed by atoms with E-state index in [9.17, 15) is 9.59 Å². The predicted molar refractivity (Wildman–Crippen MR) is 151 cm³/mol. The molecule has 1 N–H and O–H groups in total. The van der Waals surface area contributed by atoms with Crippen LogP contribution in [0.1, 0.15) is 53.5 Å². The van der Waals surface area contributed by atoms with Crippen LogP contribution in [0.25, 0.3) is 0 Å². The van der Waals surface area contributed by atoms with Crippen LogP contribution in [0.3, 0.4) is 0 Å². The number of nitrogens with zero attached hydrogens (tertiary/aromatic N) is 1. The van der Waals surface area contributed by atoms with Crippen LogP contribution in [0.4, 0.5) is 0 Å². The number of rotatable bonds is 9. The van der Waals surface area contributed by atoms with Crippen LogP contribution in [-0.4, -0.2) is 28.8 Å². The molecule has 3 aromatic rings. The fourth-order valence-electron chi connectivity index (χ4n) is 5.03. The highest BCUT2D eigenvalue weighted by molar-refractivity contribution is 6.36. The first-order valence-electron chi connectivity index (χ1n) is 12.9. The van der Waals surface area contributed by atoms with E-state index in [0.29, 0.717) is 22.0 Å². The summed E-state index contributed by atoms with van der Waals surface area (Å²) in [6.07, 6.45) is 4.75. The molecule has 4 nitrogen and oxygen atoms in total. The van der Waals surface area contributed by atoms with Crippen molar-refractivity contribution >= 4 is 35.0 Å². The molecule has 0 saturated heterocycles. The van der Waals surface area contributed by atoms with Crippen LogP contribution >= 0.6 is 23.2 Å². The second kappa shape index (κ2) is 12.6. The Hall–Kier alpha value is -2.82. The largest absolute Gasteiger partial charge is 0.352 e. The molecule has 0 bridgehead atoms. The Morgan fingerprint density at radius 3 is 2.30 bits per heavy atom. The number of carbonyl (C=O) groups excluding carboxylic acids is 2. The molecule has 4 rings (SSSR count). The number of halogens is 2. The van der Waals surface area contributed by atoms with E-state index in [1.165, 1.54) is 0 Å². The Kier molecular flexibility index (Phi) is 9.28. The molecule has 0 unspecified atom stereocenters. The van der Waals surface area contributed by atoms with Crippen molar-refractivity contribution in [3.05, 3.63) is 105 Å². The van der Waals surface area contributed by atoms with Gasteiger partial charge in [0.15, 0.2) is 0 Å². The summed E-state index contributed by atoms with van der Waals surface area (Å²) >= 11 is 13.1. The number of benzene rings is 3. The Morgan fingerprint density at radius 1 is 0.946 bits per heavy atom. The lowest BCUT2D eigenvalue weighted by Gasteiger charge is -2.33. The van der Waals surface area contributed by atoms with Crippen molar-refractivity contribution in [2.45, 2.75) is 71.0 Å².